The van der Waals surface area contributed by atoms with E-state index in [1.165, 1.54) is 0 Å². The molecule has 0 aliphatic heterocycles. The minimum absolute atomic E-state index is 0. The lowest BCUT2D eigenvalue weighted by Gasteiger charge is -2.19. The first-order chi connectivity index (χ1) is 10.6. The van der Waals surface area contributed by atoms with Crippen molar-refractivity contribution in [1.82, 2.24) is 15.0 Å². The first-order valence-electron chi connectivity index (χ1n) is 7.27. The highest BCUT2D eigenvalue weighted by molar-refractivity contribution is 14.0. The third kappa shape index (κ3) is 5.65. The number of aromatic nitrogens is 2. The van der Waals surface area contributed by atoms with E-state index in [4.69, 9.17) is 21.9 Å². The molecule has 1 aromatic heterocycles. The van der Waals surface area contributed by atoms with Gasteiger partial charge in [0.05, 0.1) is 6.54 Å². The van der Waals surface area contributed by atoms with Crippen LogP contribution in [0.1, 0.15) is 19.7 Å². The van der Waals surface area contributed by atoms with Gasteiger partial charge in [0.1, 0.15) is 0 Å². The highest BCUT2D eigenvalue weighted by Crippen LogP contribution is 2.18. The van der Waals surface area contributed by atoms with E-state index in [0.717, 1.165) is 18.7 Å². The van der Waals surface area contributed by atoms with Crippen molar-refractivity contribution in [1.29, 1.82) is 0 Å². The molecule has 0 atom stereocenters. The lowest BCUT2D eigenvalue weighted by Crippen LogP contribution is -2.37. The van der Waals surface area contributed by atoms with Gasteiger partial charge in [-0.1, -0.05) is 16.8 Å². The maximum absolute atomic E-state index is 5.91. The van der Waals surface area contributed by atoms with Crippen LogP contribution in [-0.4, -0.2) is 40.6 Å². The Labute approximate surface area is 158 Å². The Morgan fingerprint density at radius 1 is 1.26 bits per heavy atom. The van der Waals surface area contributed by atoms with Gasteiger partial charge in [-0.2, -0.15) is 4.98 Å². The van der Waals surface area contributed by atoms with E-state index in [1.807, 2.05) is 30.9 Å². The summed E-state index contributed by atoms with van der Waals surface area (Å²) in [5.74, 6) is 1.64. The molecule has 0 saturated heterocycles. The Balaban J connectivity index is 0.00000264. The minimum atomic E-state index is 0. The van der Waals surface area contributed by atoms with Crippen molar-refractivity contribution >= 4 is 41.5 Å². The van der Waals surface area contributed by atoms with Gasteiger partial charge in [0.15, 0.2) is 5.96 Å². The third-order valence-electron chi connectivity index (χ3n) is 3.26. The molecule has 0 saturated carbocycles. The molecule has 2 aromatic rings. The molecule has 8 heteroatoms. The highest BCUT2D eigenvalue weighted by Gasteiger charge is 2.08. The van der Waals surface area contributed by atoms with Crippen molar-refractivity contribution in [2.75, 3.05) is 19.6 Å². The molecule has 23 heavy (non-hydrogen) atoms. The number of benzene rings is 1. The van der Waals surface area contributed by atoms with E-state index in [1.54, 1.807) is 12.1 Å². The largest absolute Gasteiger partial charge is 0.370 e. The van der Waals surface area contributed by atoms with E-state index in [0.29, 0.717) is 35.7 Å². The van der Waals surface area contributed by atoms with Crippen LogP contribution in [-0.2, 0) is 6.42 Å². The van der Waals surface area contributed by atoms with Crippen LogP contribution in [0, 0.1) is 0 Å². The van der Waals surface area contributed by atoms with Gasteiger partial charge in [-0.15, -0.1) is 24.0 Å². The Hall–Kier alpha value is -1.35. The summed E-state index contributed by atoms with van der Waals surface area (Å²) in [7, 11) is 0. The van der Waals surface area contributed by atoms with E-state index >= 15 is 0 Å². The maximum atomic E-state index is 5.91. The topological polar surface area (TPSA) is 80.5 Å². The van der Waals surface area contributed by atoms with Crippen molar-refractivity contribution in [3.63, 3.8) is 0 Å². The van der Waals surface area contributed by atoms with Crippen molar-refractivity contribution in [3.8, 4) is 11.4 Å². The zero-order valence-electron chi connectivity index (χ0n) is 13.2. The highest BCUT2D eigenvalue weighted by atomic mass is 127. The monoisotopic (exact) mass is 449 g/mol. The summed E-state index contributed by atoms with van der Waals surface area (Å²) in [5, 5.41) is 4.64. The number of guanidine groups is 1. The van der Waals surface area contributed by atoms with Crippen molar-refractivity contribution in [3.05, 3.63) is 35.2 Å². The van der Waals surface area contributed by atoms with E-state index < -0.39 is 0 Å². The molecule has 2 N–H and O–H groups in total. The number of halogens is 2. The van der Waals surface area contributed by atoms with Crippen LogP contribution in [0.25, 0.3) is 11.4 Å². The van der Waals surface area contributed by atoms with Crippen LogP contribution in [0.3, 0.4) is 0 Å². The fraction of sp³-hybridized carbons (Fsp3) is 0.400. The number of nitrogens with two attached hydrogens (primary N) is 1. The molecular formula is C15H21ClIN5O. The fourth-order valence-corrected chi connectivity index (χ4v) is 2.11. The average molecular weight is 450 g/mol. The number of hydrogen-bond acceptors (Lipinski definition) is 4. The number of aliphatic imine (C=N–C) groups is 1. The van der Waals surface area contributed by atoms with Gasteiger partial charge < -0.3 is 15.2 Å². The Bertz CT molecular complexity index is 625. The smallest absolute Gasteiger partial charge is 0.228 e. The van der Waals surface area contributed by atoms with Crippen molar-refractivity contribution in [2.24, 2.45) is 10.7 Å². The van der Waals surface area contributed by atoms with Crippen molar-refractivity contribution in [2.45, 2.75) is 20.3 Å². The average Bonchev–Trinajstić information content (AvgIpc) is 2.98. The summed E-state index contributed by atoms with van der Waals surface area (Å²) >= 11 is 5.86. The van der Waals surface area contributed by atoms with Crippen LogP contribution in [0.2, 0.25) is 5.02 Å². The first-order valence-corrected chi connectivity index (χ1v) is 7.65. The van der Waals surface area contributed by atoms with E-state index in [-0.39, 0.29) is 24.0 Å². The van der Waals surface area contributed by atoms with Crippen LogP contribution in [0.5, 0.6) is 0 Å². The molecule has 0 aliphatic carbocycles. The lowest BCUT2D eigenvalue weighted by molar-refractivity contribution is 0.380. The van der Waals surface area contributed by atoms with Gasteiger partial charge in [-0.05, 0) is 38.1 Å². The summed E-state index contributed by atoms with van der Waals surface area (Å²) in [6.07, 6.45) is 0.558. The Kier molecular flexibility index (Phi) is 8.32. The molecular weight excluding hydrogens is 429 g/mol. The summed E-state index contributed by atoms with van der Waals surface area (Å²) in [6.45, 7) is 6.29. The fourth-order valence-electron chi connectivity index (χ4n) is 1.99. The van der Waals surface area contributed by atoms with Gasteiger partial charge in [-0.25, -0.2) is 0 Å². The molecule has 6 nitrogen and oxygen atoms in total. The molecule has 126 valence electrons. The number of rotatable bonds is 6. The van der Waals surface area contributed by atoms with Crippen LogP contribution < -0.4 is 5.73 Å². The van der Waals surface area contributed by atoms with E-state index in [9.17, 15) is 0 Å². The third-order valence-corrected chi connectivity index (χ3v) is 3.51. The maximum Gasteiger partial charge on any atom is 0.228 e. The lowest BCUT2D eigenvalue weighted by atomic mass is 10.2. The second-order valence-electron chi connectivity index (χ2n) is 4.68. The molecule has 0 unspecified atom stereocenters. The normalized spacial score (nSPS) is 11.2. The molecule has 0 spiro atoms. The van der Waals surface area contributed by atoms with Gasteiger partial charge in [-0.3, -0.25) is 4.99 Å². The second-order valence-corrected chi connectivity index (χ2v) is 5.12. The SMILES string of the molecule is CCN(CC)C(N)=NCCc1nc(-c2ccc(Cl)cc2)no1.I. The molecule has 0 fully saturated rings. The standard InChI is InChI=1S/C15H20ClN5O.HI/c1-3-21(4-2)15(17)18-10-9-13-19-14(20-22-13)11-5-7-12(16)8-6-11;/h5-8H,3-4,9-10H2,1-2H3,(H2,17,18);1H. The summed E-state index contributed by atoms with van der Waals surface area (Å²) < 4.78 is 5.23. The molecule has 0 aliphatic rings. The quantitative estimate of drug-likeness (QED) is 0.416. The molecule has 2 rings (SSSR count). The molecule has 1 heterocycles. The predicted octanol–water partition coefficient (Wildman–Crippen LogP) is 3.21. The summed E-state index contributed by atoms with van der Waals surface area (Å²) in [4.78, 5) is 10.7. The van der Waals surface area contributed by atoms with Crippen LogP contribution >= 0.6 is 35.6 Å². The van der Waals surface area contributed by atoms with Crippen LogP contribution in [0.4, 0.5) is 0 Å². The summed E-state index contributed by atoms with van der Waals surface area (Å²) in [5.41, 5.74) is 6.78. The van der Waals surface area contributed by atoms with Gasteiger partial charge in [0, 0.05) is 30.1 Å². The second kappa shape index (κ2) is 9.71. The molecule has 0 amide bonds. The Morgan fingerprint density at radius 3 is 2.52 bits per heavy atom. The molecule has 1 aromatic carbocycles. The molecule has 0 radical (unpaired) electrons. The van der Waals surface area contributed by atoms with Gasteiger partial charge in [0.2, 0.25) is 11.7 Å². The summed E-state index contributed by atoms with van der Waals surface area (Å²) in [6, 6.07) is 7.30. The minimum Gasteiger partial charge on any atom is -0.370 e. The van der Waals surface area contributed by atoms with Gasteiger partial charge >= 0.3 is 0 Å². The number of hydrogen-bond donors (Lipinski definition) is 1. The van der Waals surface area contributed by atoms with Gasteiger partial charge in [0.25, 0.3) is 0 Å². The van der Waals surface area contributed by atoms with Crippen molar-refractivity contribution < 1.29 is 4.52 Å². The zero-order chi connectivity index (χ0) is 15.9. The van der Waals surface area contributed by atoms with Crippen LogP contribution in [0.15, 0.2) is 33.8 Å². The Morgan fingerprint density at radius 2 is 1.91 bits per heavy atom. The zero-order valence-corrected chi connectivity index (χ0v) is 16.3. The molecule has 0 bridgehead atoms. The first kappa shape index (κ1) is 19.7. The van der Waals surface area contributed by atoms with E-state index in [2.05, 4.69) is 15.1 Å². The number of nitrogens with zero attached hydrogens (tertiary/aromatic N) is 4. The predicted molar refractivity (Wildman–Crippen MR) is 103 cm³/mol.